The summed E-state index contributed by atoms with van der Waals surface area (Å²) in [6, 6.07) is 12.6. The maximum atomic E-state index is 6.28. The van der Waals surface area contributed by atoms with Crippen LogP contribution in [0.2, 0.25) is 5.02 Å². The molecule has 2 aromatic rings. The third-order valence-corrected chi connectivity index (χ3v) is 4.08. The molecule has 3 heteroatoms. The van der Waals surface area contributed by atoms with Gasteiger partial charge in [-0.3, -0.25) is 0 Å². The van der Waals surface area contributed by atoms with Crippen LogP contribution in [0.5, 0.6) is 0 Å². The molecule has 0 saturated heterocycles. The Morgan fingerprint density at radius 2 is 1.82 bits per heavy atom. The van der Waals surface area contributed by atoms with Crippen LogP contribution in [0, 0.1) is 13.8 Å². The summed E-state index contributed by atoms with van der Waals surface area (Å²) in [6.07, 6.45) is 2.73. The molecule has 0 bridgehead atoms. The lowest BCUT2D eigenvalue weighted by Gasteiger charge is -2.12. The summed E-state index contributed by atoms with van der Waals surface area (Å²) in [5.41, 5.74) is 5.92. The quantitative estimate of drug-likeness (QED) is 0.550. The van der Waals surface area contributed by atoms with Crippen molar-refractivity contribution < 1.29 is 0 Å². The number of halogens is 1. The zero-order valence-corrected chi connectivity index (χ0v) is 14.5. The minimum Gasteiger partial charge on any atom is -0.366 e. The van der Waals surface area contributed by atoms with E-state index in [-0.39, 0.29) is 0 Å². The molecule has 0 aliphatic heterocycles. The topological polar surface area (TPSA) is 15.6 Å². The van der Waals surface area contributed by atoms with Crippen molar-refractivity contribution in [3.05, 3.63) is 63.7 Å². The van der Waals surface area contributed by atoms with Crippen LogP contribution < -0.4 is 0 Å². The Morgan fingerprint density at radius 3 is 2.45 bits per heavy atom. The molecule has 116 valence electrons. The van der Waals surface area contributed by atoms with Crippen LogP contribution in [-0.2, 0) is 6.42 Å². The van der Waals surface area contributed by atoms with E-state index in [4.69, 9.17) is 11.6 Å². The molecule has 22 heavy (non-hydrogen) atoms. The van der Waals surface area contributed by atoms with E-state index >= 15 is 0 Å². The first kappa shape index (κ1) is 16.6. The zero-order valence-electron chi connectivity index (χ0n) is 13.7. The smallest absolute Gasteiger partial charge is 0.0909 e. The Labute approximate surface area is 138 Å². The number of rotatable bonds is 5. The molecular formula is C19H23ClN2. The van der Waals surface area contributed by atoms with Crippen LogP contribution in [0.3, 0.4) is 0 Å². The van der Waals surface area contributed by atoms with Crippen molar-refractivity contribution in [2.45, 2.75) is 27.2 Å². The third-order valence-electron chi connectivity index (χ3n) is 3.86. The van der Waals surface area contributed by atoms with Crippen molar-refractivity contribution in [1.29, 1.82) is 0 Å². The van der Waals surface area contributed by atoms with Gasteiger partial charge in [-0.15, -0.1) is 0 Å². The molecule has 0 spiro atoms. The van der Waals surface area contributed by atoms with Crippen LogP contribution in [0.1, 0.15) is 29.2 Å². The molecule has 0 aliphatic carbocycles. The molecule has 0 atom stereocenters. The largest absolute Gasteiger partial charge is 0.366 e. The highest BCUT2D eigenvalue weighted by molar-refractivity contribution is 6.31. The van der Waals surface area contributed by atoms with E-state index in [1.54, 1.807) is 0 Å². The first-order chi connectivity index (χ1) is 10.5. The van der Waals surface area contributed by atoms with Gasteiger partial charge in [-0.1, -0.05) is 41.4 Å². The second kappa shape index (κ2) is 7.46. The fraction of sp³-hybridized carbons (Fsp3) is 0.316. The molecular weight excluding hydrogens is 292 g/mol. The van der Waals surface area contributed by atoms with Gasteiger partial charge in [-0.2, -0.15) is 0 Å². The van der Waals surface area contributed by atoms with E-state index < -0.39 is 0 Å². The Morgan fingerprint density at radius 1 is 1.14 bits per heavy atom. The molecule has 0 radical (unpaired) electrons. The molecule has 0 saturated carbocycles. The molecule has 0 aromatic heterocycles. The minimum atomic E-state index is 0.735. The fourth-order valence-electron chi connectivity index (χ4n) is 2.21. The molecule has 0 heterocycles. The standard InChI is InChI=1S/C19H23ClN2/c1-5-22(4)13-21-19-12-18(20)11-17(15(19)3)10-16-8-6-14(2)7-9-16/h6-9,11-13H,5,10H2,1-4H3/b21-13-. The average Bonchev–Trinajstić information content (AvgIpc) is 2.50. The van der Waals surface area contributed by atoms with Crippen LogP contribution in [-0.4, -0.2) is 24.8 Å². The summed E-state index contributed by atoms with van der Waals surface area (Å²) in [4.78, 5) is 6.61. The maximum absolute atomic E-state index is 6.28. The van der Waals surface area contributed by atoms with E-state index in [1.807, 2.05) is 30.4 Å². The van der Waals surface area contributed by atoms with Gasteiger partial charge < -0.3 is 4.90 Å². The predicted molar refractivity (Wildman–Crippen MR) is 96.6 cm³/mol. The predicted octanol–water partition coefficient (Wildman–Crippen LogP) is 5.16. The van der Waals surface area contributed by atoms with Gasteiger partial charge in [0.25, 0.3) is 0 Å². The van der Waals surface area contributed by atoms with Crippen LogP contribution in [0.25, 0.3) is 0 Å². The number of benzene rings is 2. The van der Waals surface area contributed by atoms with Crippen molar-refractivity contribution in [3.8, 4) is 0 Å². The second-order valence-electron chi connectivity index (χ2n) is 5.69. The molecule has 0 fully saturated rings. The van der Waals surface area contributed by atoms with E-state index in [1.165, 1.54) is 22.3 Å². The highest BCUT2D eigenvalue weighted by Crippen LogP contribution is 2.28. The number of aryl methyl sites for hydroxylation is 1. The van der Waals surface area contributed by atoms with Gasteiger partial charge in [0, 0.05) is 18.6 Å². The number of aliphatic imine (C=N–C) groups is 1. The monoisotopic (exact) mass is 314 g/mol. The first-order valence-electron chi connectivity index (χ1n) is 7.58. The summed E-state index contributed by atoms with van der Waals surface area (Å²) in [5, 5.41) is 0.735. The fourth-order valence-corrected chi connectivity index (χ4v) is 2.44. The summed E-state index contributed by atoms with van der Waals surface area (Å²) in [5.74, 6) is 0. The van der Waals surface area contributed by atoms with Gasteiger partial charge >= 0.3 is 0 Å². The van der Waals surface area contributed by atoms with Crippen molar-refractivity contribution in [1.82, 2.24) is 4.90 Å². The average molecular weight is 315 g/mol. The highest BCUT2D eigenvalue weighted by atomic mass is 35.5. The van der Waals surface area contributed by atoms with Gasteiger partial charge in [0.05, 0.1) is 12.0 Å². The lowest BCUT2D eigenvalue weighted by Crippen LogP contribution is -2.14. The summed E-state index contributed by atoms with van der Waals surface area (Å²) in [6.45, 7) is 7.24. The van der Waals surface area contributed by atoms with Crippen LogP contribution in [0.15, 0.2) is 41.4 Å². The van der Waals surface area contributed by atoms with Crippen LogP contribution >= 0.6 is 11.6 Å². The van der Waals surface area contributed by atoms with Crippen LogP contribution in [0.4, 0.5) is 5.69 Å². The van der Waals surface area contributed by atoms with Gasteiger partial charge in [0.2, 0.25) is 0 Å². The van der Waals surface area contributed by atoms with Crippen molar-refractivity contribution in [2.24, 2.45) is 4.99 Å². The normalized spacial score (nSPS) is 11.1. The van der Waals surface area contributed by atoms with Gasteiger partial charge in [0.1, 0.15) is 0 Å². The van der Waals surface area contributed by atoms with Gasteiger partial charge in [0.15, 0.2) is 0 Å². The van der Waals surface area contributed by atoms with Gasteiger partial charge in [-0.05, 0) is 56.0 Å². The molecule has 2 nitrogen and oxygen atoms in total. The maximum Gasteiger partial charge on any atom is 0.0909 e. The molecule has 0 amide bonds. The molecule has 2 rings (SSSR count). The van der Waals surface area contributed by atoms with E-state index in [9.17, 15) is 0 Å². The highest BCUT2D eigenvalue weighted by Gasteiger charge is 2.07. The van der Waals surface area contributed by atoms with E-state index in [0.717, 1.165) is 23.7 Å². The summed E-state index contributed by atoms with van der Waals surface area (Å²) in [7, 11) is 2.01. The minimum absolute atomic E-state index is 0.735. The van der Waals surface area contributed by atoms with Crippen molar-refractivity contribution in [3.63, 3.8) is 0 Å². The Kier molecular flexibility index (Phi) is 5.62. The first-order valence-corrected chi connectivity index (χ1v) is 7.96. The second-order valence-corrected chi connectivity index (χ2v) is 6.13. The molecule has 2 aromatic carbocycles. The van der Waals surface area contributed by atoms with E-state index in [0.29, 0.717) is 0 Å². The van der Waals surface area contributed by atoms with E-state index in [2.05, 4.69) is 50.0 Å². The molecule has 0 unspecified atom stereocenters. The third kappa shape index (κ3) is 4.35. The summed E-state index contributed by atoms with van der Waals surface area (Å²) >= 11 is 6.28. The number of nitrogens with zero attached hydrogens (tertiary/aromatic N) is 2. The molecule has 0 N–H and O–H groups in total. The van der Waals surface area contributed by atoms with Crippen molar-refractivity contribution in [2.75, 3.05) is 13.6 Å². The lowest BCUT2D eigenvalue weighted by molar-refractivity contribution is 0.552. The number of hydrogen-bond donors (Lipinski definition) is 0. The Balaban J connectivity index is 2.30. The Bertz CT molecular complexity index is 660. The lowest BCUT2D eigenvalue weighted by atomic mass is 9.99. The number of hydrogen-bond acceptors (Lipinski definition) is 1. The molecule has 0 aliphatic rings. The SMILES string of the molecule is CCN(C)/C=N\c1cc(Cl)cc(Cc2ccc(C)cc2)c1C. The van der Waals surface area contributed by atoms with Gasteiger partial charge in [-0.25, -0.2) is 4.99 Å². The van der Waals surface area contributed by atoms with Crippen molar-refractivity contribution >= 4 is 23.6 Å². The zero-order chi connectivity index (χ0) is 16.1. The summed E-state index contributed by atoms with van der Waals surface area (Å²) < 4.78 is 0. The Hall–Kier alpha value is -1.80.